The van der Waals surface area contributed by atoms with Crippen LogP contribution in [0.25, 0.3) is 0 Å². The second-order valence-electron chi connectivity index (χ2n) is 5.31. The van der Waals surface area contributed by atoms with Gasteiger partial charge in [0.2, 0.25) is 0 Å². The van der Waals surface area contributed by atoms with E-state index in [1.165, 1.54) is 36.4 Å². The van der Waals surface area contributed by atoms with Crippen LogP contribution in [0.15, 0.2) is 5.38 Å². The maximum Gasteiger partial charge on any atom is 0.0946 e. The lowest BCUT2D eigenvalue weighted by atomic mass is 10.0. The second kappa shape index (κ2) is 4.22. The van der Waals surface area contributed by atoms with Crippen LogP contribution in [0.2, 0.25) is 0 Å². The molecule has 1 aliphatic rings. The van der Waals surface area contributed by atoms with E-state index in [4.69, 9.17) is 10.7 Å². The van der Waals surface area contributed by atoms with Gasteiger partial charge in [-0.25, -0.2) is 4.98 Å². The zero-order valence-electron chi connectivity index (χ0n) is 9.62. The monoisotopic (exact) mass is 224 g/mol. The largest absolute Gasteiger partial charge is 0.325 e. The Morgan fingerprint density at radius 2 is 2.13 bits per heavy atom. The van der Waals surface area contributed by atoms with Crippen LogP contribution in [0.1, 0.15) is 56.2 Å². The number of thiazole rings is 1. The highest BCUT2D eigenvalue weighted by Crippen LogP contribution is 2.34. The van der Waals surface area contributed by atoms with Crippen molar-refractivity contribution >= 4 is 11.3 Å². The summed E-state index contributed by atoms with van der Waals surface area (Å²) in [6, 6.07) is 0. The molecule has 2 nitrogen and oxygen atoms in total. The molecule has 15 heavy (non-hydrogen) atoms. The summed E-state index contributed by atoms with van der Waals surface area (Å²) in [5.74, 6) is 0.732. The van der Waals surface area contributed by atoms with Crippen molar-refractivity contribution in [1.82, 2.24) is 4.98 Å². The number of hydrogen-bond donors (Lipinski definition) is 1. The number of rotatable bonds is 3. The summed E-state index contributed by atoms with van der Waals surface area (Å²) < 4.78 is 0. The fourth-order valence-corrected chi connectivity index (χ4v) is 3.32. The minimum atomic E-state index is -0.134. The smallest absolute Gasteiger partial charge is 0.0946 e. The van der Waals surface area contributed by atoms with Crippen LogP contribution in [0.4, 0.5) is 0 Å². The number of aromatic nitrogens is 1. The van der Waals surface area contributed by atoms with Crippen molar-refractivity contribution in [3.05, 3.63) is 16.1 Å². The van der Waals surface area contributed by atoms with E-state index in [1.807, 2.05) is 0 Å². The molecular weight excluding hydrogens is 204 g/mol. The van der Waals surface area contributed by atoms with Gasteiger partial charge in [0.15, 0.2) is 0 Å². The predicted molar refractivity (Wildman–Crippen MR) is 65.3 cm³/mol. The van der Waals surface area contributed by atoms with Gasteiger partial charge in [0.1, 0.15) is 0 Å². The summed E-state index contributed by atoms with van der Waals surface area (Å²) in [5.41, 5.74) is 7.18. The molecule has 1 aliphatic carbocycles. The molecule has 0 atom stereocenters. The van der Waals surface area contributed by atoms with E-state index in [2.05, 4.69) is 19.2 Å². The molecule has 0 saturated heterocycles. The fraction of sp³-hybridized carbons (Fsp3) is 0.750. The van der Waals surface area contributed by atoms with Crippen LogP contribution < -0.4 is 5.73 Å². The summed E-state index contributed by atoms with van der Waals surface area (Å²) in [6.07, 6.45) is 6.30. The average molecular weight is 224 g/mol. The minimum absolute atomic E-state index is 0.134. The Labute approximate surface area is 95.9 Å². The highest BCUT2D eigenvalue weighted by molar-refractivity contribution is 7.09. The quantitative estimate of drug-likeness (QED) is 0.857. The minimum Gasteiger partial charge on any atom is -0.325 e. The first-order valence-electron chi connectivity index (χ1n) is 5.78. The van der Waals surface area contributed by atoms with E-state index in [0.29, 0.717) is 0 Å². The molecule has 0 bridgehead atoms. The highest BCUT2D eigenvalue weighted by Gasteiger charge is 2.21. The Kier molecular flexibility index (Phi) is 3.12. The summed E-state index contributed by atoms with van der Waals surface area (Å²) >= 11 is 1.77. The molecule has 1 fully saturated rings. The van der Waals surface area contributed by atoms with Crippen LogP contribution in [-0.2, 0) is 6.42 Å². The van der Waals surface area contributed by atoms with Gasteiger partial charge >= 0.3 is 0 Å². The first-order chi connectivity index (χ1) is 7.04. The molecule has 1 aromatic rings. The van der Waals surface area contributed by atoms with E-state index >= 15 is 0 Å². The molecule has 84 valence electrons. The van der Waals surface area contributed by atoms with Crippen molar-refractivity contribution in [2.45, 2.75) is 57.4 Å². The Hall–Kier alpha value is -0.410. The van der Waals surface area contributed by atoms with Crippen molar-refractivity contribution < 1.29 is 0 Å². The van der Waals surface area contributed by atoms with Gasteiger partial charge in [-0.15, -0.1) is 11.3 Å². The summed E-state index contributed by atoms with van der Waals surface area (Å²) in [5, 5.41) is 3.43. The van der Waals surface area contributed by atoms with E-state index in [0.717, 1.165) is 12.3 Å². The molecule has 0 unspecified atom stereocenters. The number of hydrogen-bond acceptors (Lipinski definition) is 3. The zero-order valence-corrected chi connectivity index (χ0v) is 10.4. The SMILES string of the molecule is CC(C)(N)Cc1nc(C2CCCC2)cs1. The van der Waals surface area contributed by atoms with Crippen molar-refractivity contribution in [3.8, 4) is 0 Å². The van der Waals surface area contributed by atoms with Gasteiger partial charge in [0, 0.05) is 23.3 Å². The molecule has 0 aliphatic heterocycles. The zero-order chi connectivity index (χ0) is 10.9. The molecule has 3 heteroatoms. The summed E-state index contributed by atoms with van der Waals surface area (Å²) in [7, 11) is 0. The fourth-order valence-electron chi connectivity index (χ4n) is 2.21. The number of nitrogens with two attached hydrogens (primary N) is 1. The Balaban J connectivity index is 2.03. The number of nitrogens with zero attached hydrogens (tertiary/aromatic N) is 1. The Bertz CT molecular complexity index is 319. The second-order valence-corrected chi connectivity index (χ2v) is 6.26. The first-order valence-corrected chi connectivity index (χ1v) is 6.66. The average Bonchev–Trinajstić information content (AvgIpc) is 2.68. The Morgan fingerprint density at radius 1 is 1.47 bits per heavy atom. The molecule has 1 saturated carbocycles. The van der Waals surface area contributed by atoms with E-state index < -0.39 is 0 Å². The van der Waals surface area contributed by atoms with Gasteiger partial charge in [-0.3, -0.25) is 0 Å². The molecule has 2 N–H and O–H groups in total. The van der Waals surface area contributed by atoms with Crippen LogP contribution in [0, 0.1) is 0 Å². The van der Waals surface area contributed by atoms with E-state index in [1.54, 1.807) is 11.3 Å². The molecule has 0 spiro atoms. The van der Waals surface area contributed by atoms with Gasteiger partial charge < -0.3 is 5.73 Å². The maximum absolute atomic E-state index is 6.00. The molecule has 0 aromatic carbocycles. The van der Waals surface area contributed by atoms with Crippen molar-refractivity contribution in [2.75, 3.05) is 0 Å². The van der Waals surface area contributed by atoms with Crippen molar-refractivity contribution in [2.24, 2.45) is 5.73 Å². The van der Waals surface area contributed by atoms with Gasteiger partial charge in [-0.1, -0.05) is 12.8 Å². The van der Waals surface area contributed by atoms with Crippen LogP contribution in [0.5, 0.6) is 0 Å². The molecule has 0 amide bonds. The molecule has 1 aromatic heterocycles. The van der Waals surface area contributed by atoms with Crippen LogP contribution in [-0.4, -0.2) is 10.5 Å². The van der Waals surface area contributed by atoms with Crippen molar-refractivity contribution in [3.63, 3.8) is 0 Å². The molecule has 1 heterocycles. The molecule has 2 rings (SSSR count). The predicted octanol–water partition coefficient (Wildman–Crippen LogP) is 3.08. The molecular formula is C12H20N2S. The van der Waals surface area contributed by atoms with E-state index in [-0.39, 0.29) is 5.54 Å². The third-order valence-corrected chi connectivity index (χ3v) is 3.82. The van der Waals surface area contributed by atoms with Crippen LogP contribution >= 0.6 is 11.3 Å². The maximum atomic E-state index is 6.00. The highest BCUT2D eigenvalue weighted by atomic mass is 32.1. The van der Waals surface area contributed by atoms with Gasteiger partial charge in [-0.2, -0.15) is 0 Å². The first kappa shape index (κ1) is 11.1. The third-order valence-electron chi connectivity index (χ3n) is 2.95. The molecule has 0 radical (unpaired) electrons. The van der Waals surface area contributed by atoms with Crippen LogP contribution in [0.3, 0.4) is 0 Å². The van der Waals surface area contributed by atoms with Gasteiger partial charge in [-0.05, 0) is 26.7 Å². The summed E-state index contributed by atoms with van der Waals surface area (Å²) in [6.45, 7) is 4.12. The van der Waals surface area contributed by atoms with Gasteiger partial charge in [0.25, 0.3) is 0 Å². The standard InChI is InChI=1S/C12H20N2S/c1-12(2,13)7-11-14-10(8-15-11)9-5-3-4-6-9/h8-9H,3-7,13H2,1-2H3. The van der Waals surface area contributed by atoms with Crippen molar-refractivity contribution in [1.29, 1.82) is 0 Å². The summed E-state index contributed by atoms with van der Waals surface area (Å²) in [4.78, 5) is 4.72. The Morgan fingerprint density at radius 3 is 2.73 bits per heavy atom. The normalized spacial score (nSPS) is 18.6. The van der Waals surface area contributed by atoms with E-state index in [9.17, 15) is 0 Å². The topological polar surface area (TPSA) is 38.9 Å². The third kappa shape index (κ3) is 3.02. The lowest BCUT2D eigenvalue weighted by Gasteiger charge is -2.15. The lowest BCUT2D eigenvalue weighted by molar-refractivity contribution is 0.514. The lowest BCUT2D eigenvalue weighted by Crippen LogP contribution is -2.34. The van der Waals surface area contributed by atoms with Gasteiger partial charge in [0.05, 0.1) is 10.7 Å².